The molecule has 2 rings (SSSR count). The highest BCUT2D eigenvalue weighted by molar-refractivity contribution is 4.94. The summed E-state index contributed by atoms with van der Waals surface area (Å²) in [5.41, 5.74) is 0. The number of hydrogen-bond acceptors (Lipinski definition) is 3. The van der Waals surface area contributed by atoms with Crippen molar-refractivity contribution in [3.8, 4) is 0 Å². The first kappa shape index (κ1) is 5.85. The van der Waals surface area contributed by atoms with Crippen molar-refractivity contribution in [2.45, 2.75) is 18.9 Å². The summed E-state index contributed by atoms with van der Waals surface area (Å²) in [5.74, 6) is 1.02. The molecule has 0 aromatic carbocycles. The number of aliphatic hydroxyl groups is 1. The van der Waals surface area contributed by atoms with E-state index in [9.17, 15) is 5.11 Å². The van der Waals surface area contributed by atoms with E-state index in [-0.39, 0.29) is 0 Å². The van der Waals surface area contributed by atoms with E-state index in [1.54, 1.807) is 0 Å². The summed E-state index contributed by atoms with van der Waals surface area (Å²) in [6.07, 6.45) is 3.23. The molecule has 10 heavy (non-hydrogen) atoms. The lowest BCUT2D eigenvalue weighted by Crippen LogP contribution is -2.01. The molecule has 0 unspecified atom stereocenters. The molecule has 1 aromatic rings. The Balaban J connectivity index is 2.11. The molecule has 2 N–H and O–H groups in total. The molecule has 0 saturated heterocycles. The van der Waals surface area contributed by atoms with E-state index in [0.717, 1.165) is 12.8 Å². The second kappa shape index (κ2) is 2.05. The number of aromatic nitrogens is 3. The van der Waals surface area contributed by atoms with Gasteiger partial charge in [-0.25, -0.2) is 4.98 Å². The number of hydrogen-bond donors (Lipinski definition) is 2. The van der Waals surface area contributed by atoms with Gasteiger partial charge in [-0.2, -0.15) is 5.10 Å². The van der Waals surface area contributed by atoms with E-state index in [1.807, 2.05) is 0 Å². The van der Waals surface area contributed by atoms with Crippen LogP contribution < -0.4 is 0 Å². The van der Waals surface area contributed by atoms with Crippen LogP contribution in [0.25, 0.3) is 0 Å². The first-order valence-electron chi connectivity index (χ1n) is 3.41. The summed E-state index contributed by atoms with van der Waals surface area (Å²) in [4.78, 5) is 3.86. The SMILES string of the molecule is O[C@H](c1ncn[nH]1)C1CC1. The quantitative estimate of drug-likeness (QED) is 0.617. The summed E-state index contributed by atoms with van der Waals surface area (Å²) >= 11 is 0. The van der Waals surface area contributed by atoms with Gasteiger partial charge in [0, 0.05) is 0 Å². The van der Waals surface area contributed by atoms with Crippen LogP contribution in [0.5, 0.6) is 0 Å². The molecular formula is C6H9N3O. The zero-order valence-electron chi connectivity index (χ0n) is 5.49. The fourth-order valence-electron chi connectivity index (χ4n) is 0.993. The van der Waals surface area contributed by atoms with Gasteiger partial charge in [-0.15, -0.1) is 0 Å². The van der Waals surface area contributed by atoms with Gasteiger partial charge in [0.25, 0.3) is 0 Å². The number of aliphatic hydroxyl groups excluding tert-OH is 1. The Morgan fingerprint density at radius 3 is 3.00 bits per heavy atom. The minimum absolute atomic E-state index is 0.414. The molecule has 0 radical (unpaired) electrons. The lowest BCUT2D eigenvalue weighted by molar-refractivity contribution is 0.144. The van der Waals surface area contributed by atoms with Crippen LogP contribution in [0.15, 0.2) is 6.33 Å². The molecule has 54 valence electrons. The van der Waals surface area contributed by atoms with Gasteiger partial charge in [-0.05, 0) is 18.8 Å². The van der Waals surface area contributed by atoms with Crippen molar-refractivity contribution >= 4 is 0 Å². The van der Waals surface area contributed by atoms with Crippen molar-refractivity contribution in [2.24, 2.45) is 5.92 Å². The third-order valence-corrected chi connectivity index (χ3v) is 1.78. The zero-order chi connectivity index (χ0) is 6.97. The molecule has 1 saturated carbocycles. The topological polar surface area (TPSA) is 61.8 Å². The highest BCUT2D eigenvalue weighted by Gasteiger charge is 2.32. The molecule has 1 fully saturated rings. The smallest absolute Gasteiger partial charge is 0.153 e. The molecule has 1 heterocycles. The minimum Gasteiger partial charge on any atom is -0.385 e. The summed E-state index contributed by atoms with van der Waals surface area (Å²) in [6, 6.07) is 0. The number of nitrogens with zero attached hydrogens (tertiary/aromatic N) is 2. The van der Waals surface area contributed by atoms with Gasteiger partial charge in [0.15, 0.2) is 5.82 Å². The lowest BCUT2D eigenvalue weighted by atomic mass is 10.2. The van der Waals surface area contributed by atoms with Gasteiger partial charge in [-0.3, -0.25) is 5.10 Å². The summed E-state index contributed by atoms with van der Waals surface area (Å²) in [7, 11) is 0. The van der Waals surface area contributed by atoms with Gasteiger partial charge < -0.3 is 5.11 Å². The molecule has 0 bridgehead atoms. The van der Waals surface area contributed by atoms with E-state index in [1.165, 1.54) is 6.33 Å². The summed E-state index contributed by atoms with van der Waals surface area (Å²) in [6.45, 7) is 0. The highest BCUT2D eigenvalue weighted by Crippen LogP contribution is 2.39. The molecule has 1 aliphatic carbocycles. The van der Waals surface area contributed by atoms with E-state index < -0.39 is 6.10 Å². The van der Waals surface area contributed by atoms with Crippen molar-refractivity contribution in [2.75, 3.05) is 0 Å². The predicted molar refractivity (Wildman–Crippen MR) is 34.1 cm³/mol. The van der Waals surface area contributed by atoms with Gasteiger partial charge in [0.05, 0.1) is 0 Å². The average molecular weight is 139 g/mol. The van der Waals surface area contributed by atoms with E-state index in [2.05, 4.69) is 15.2 Å². The minimum atomic E-state index is -0.414. The normalized spacial score (nSPS) is 20.9. The molecule has 0 aliphatic heterocycles. The first-order valence-corrected chi connectivity index (χ1v) is 3.41. The van der Waals surface area contributed by atoms with Crippen LogP contribution in [0.2, 0.25) is 0 Å². The maximum absolute atomic E-state index is 9.42. The van der Waals surface area contributed by atoms with Crippen LogP contribution in [-0.4, -0.2) is 20.3 Å². The Kier molecular flexibility index (Phi) is 1.20. The van der Waals surface area contributed by atoms with Crippen molar-refractivity contribution in [1.29, 1.82) is 0 Å². The molecule has 1 atom stereocenters. The Labute approximate surface area is 58.3 Å². The van der Waals surface area contributed by atoms with Crippen LogP contribution in [0, 0.1) is 5.92 Å². The fourth-order valence-corrected chi connectivity index (χ4v) is 0.993. The maximum Gasteiger partial charge on any atom is 0.153 e. The summed E-state index contributed by atoms with van der Waals surface area (Å²) in [5, 5.41) is 15.7. The van der Waals surface area contributed by atoms with Crippen LogP contribution in [-0.2, 0) is 0 Å². The average Bonchev–Trinajstić information content (AvgIpc) is 2.65. The Hall–Kier alpha value is -0.900. The summed E-state index contributed by atoms with van der Waals surface area (Å²) < 4.78 is 0. The number of aromatic amines is 1. The maximum atomic E-state index is 9.42. The first-order chi connectivity index (χ1) is 4.88. The fraction of sp³-hybridized carbons (Fsp3) is 0.667. The molecule has 0 spiro atoms. The van der Waals surface area contributed by atoms with Crippen LogP contribution in [0.4, 0.5) is 0 Å². The predicted octanol–water partition coefficient (Wildman–Crippen LogP) is 0.248. The van der Waals surface area contributed by atoms with E-state index >= 15 is 0 Å². The van der Waals surface area contributed by atoms with Crippen LogP contribution in [0.3, 0.4) is 0 Å². The number of H-pyrrole nitrogens is 1. The molecule has 1 aliphatic rings. The molecule has 1 aromatic heterocycles. The zero-order valence-corrected chi connectivity index (χ0v) is 5.49. The molecule has 4 nitrogen and oxygen atoms in total. The Morgan fingerprint density at radius 2 is 2.50 bits per heavy atom. The van der Waals surface area contributed by atoms with Crippen molar-refractivity contribution < 1.29 is 5.11 Å². The van der Waals surface area contributed by atoms with Crippen molar-refractivity contribution in [1.82, 2.24) is 15.2 Å². The van der Waals surface area contributed by atoms with E-state index in [4.69, 9.17) is 0 Å². The Morgan fingerprint density at radius 1 is 1.70 bits per heavy atom. The van der Waals surface area contributed by atoms with Crippen molar-refractivity contribution in [3.05, 3.63) is 12.2 Å². The highest BCUT2D eigenvalue weighted by atomic mass is 16.3. The lowest BCUT2D eigenvalue weighted by Gasteiger charge is -2.01. The van der Waals surface area contributed by atoms with Gasteiger partial charge in [0.2, 0.25) is 0 Å². The van der Waals surface area contributed by atoms with Gasteiger partial charge in [0.1, 0.15) is 12.4 Å². The largest absolute Gasteiger partial charge is 0.385 e. The number of rotatable bonds is 2. The molecule has 0 amide bonds. The third-order valence-electron chi connectivity index (χ3n) is 1.78. The number of nitrogens with one attached hydrogen (secondary N) is 1. The molecular weight excluding hydrogens is 130 g/mol. The second-order valence-corrected chi connectivity index (χ2v) is 2.65. The molecule has 4 heteroatoms. The van der Waals surface area contributed by atoms with Crippen LogP contribution in [0.1, 0.15) is 24.8 Å². The van der Waals surface area contributed by atoms with Crippen molar-refractivity contribution in [3.63, 3.8) is 0 Å². The second-order valence-electron chi connectivity index (χ2n) is 2.65. The van der Waals surface area contributed by atoms with E-state index in [0.29, 0.717) is 11.7 Å². The van der Waals surface area contributed by atoms with Gasteiger partial charge in [-0.1, -0.05) is 0 Å². The monoisotopic (exact) mass is 139 g/mol. The third kappa shape index (κ3) is 0.903. The Bertz CT molecular complexity index is 205. The van der Waals surface area contributed by atoms with Crippen LogP contribution >= 0.6 is 0 Å². The van der Waals surface area contributed by atoms with Gasteiger partial charge >= 0.3 is 0 Å². The standard InChI is InChI=1S/C6H9N3O/c10-5(4-1-2-4)6-7-3-8-9-6/h3-5,10H,1-2H2,(H,7,8,9)/t5-/m0/s1.